The highest BCUT2D eigenvalue weighted by Crippen LogP contribution is 2.18. The average Bonchev–Trinajstić information content (AvgIpc) is 2.17. The second-order valence-electron chi connectivity index (χ2n) is 3.45. The van der Waals surface area contributed by atoms with E-state index in [1.54, 1.807) is 6.07 Å². The zero-order chi connectivity index (χ0) is 10.7. The van der Waals surface area contributed by atoms with Gasteiger partial charge in [0.25, 0.3) is 0 Å². The number of carbonyl (C=O) groups is 1. The van der Waals surface area contributed by atoms with E-state index in [1.165, 1.54) is 12.1 Å². The van der Waals surface area contributed by atoms with Gasteiger partial charge < -0.3 is 0 Å². The highest BCUT2D eigenvalue weighted by Gasteiger charge is 2.12. The molecule has 0 aliphatic heterocycles. The predicted octanol–water partition coefficient (Wildman–Crippen LogP) is 3.10. The molecule has 0 aliphatic rings. The normalized spacial score (nSPS) is 10.6. The minimum atomic E-state index is -1.15. The molecular formula is C11H12F2O. The van der Waals surface area contributed by atoms with Crippen molar-refractivity contribution in [3.05, 3.63) is 35.1 Å². The van der Waals surface area contributed by atoms with E-state index in [0.29, 0.717) is 0 Å². The van der Waals surface area contributed by atoms with E-state index in [9.17, 15) is 13.6 Å². The van der Waals surface area contributed by atoms with Gasteiger partial charge in [-0.25, -0.2) is 8.78 Å². The van der Waals surface area contributed by atoms with Gasteiger partial charge in [0.15, 0.2) is 12.5 Å². The topological polar surface area (TPSA) is 17.1 Å². The maximum atomic E-state index is 13.1. The lowest BCUT2D eigenvalue weighted by molar-refractivity contribution is 0.0954. The third-order valence-corrected chi connectivity index (χ3v) is 2.08. The maximum absolute atomic E-state index is 13.1. The number of benzene rings is 1. The van der Waals surface area contributed by atoms with Crippen molar-refractivity contribution >= 4 is 5.78 Å². The zero-order valence-corrected chi connectivity index (χ0v) is 8.18. The number of Topliss-reactive ketones (excluding diaryl/α,β-unsaturated/α-hetero) is 1. The van der Waals surface area contributed by atoms with Crippen molar-refractivity contribution in [1.82, 2.24) is 0 Å². The maximum Gasteiger partial charge on any atom is 0.196 e. The molecule has 0 spiro atoms. The fourth-order valence-corrected chi connectivity index (χ4v) is 1.19. The van der Waals surface area contributed by atoms with Crippen LogP contribution >= 0.6 is 0 Å². The molecule has 0 saturated heterocycles. The van der Waals surface area contributed by atoms with Crippen molar-refractivity contribution in [3.63, 3.8) is 0 Å². The van der Waals surface area contributed by atoms with Crippen LogP contribution in [0.4, 0.5) is 8.78 Å². The van der Waals surface area contributed by atoms with Crippen molar-refractivity contribution < 1.29 is 13.6 Å². The van der Waals surface area contributed by atoms with Gasteiger partial charge in [0, 0.05) is 0 Å². The first-order valence-electron chi connectivity index (χ1n) is 4.45. The minimum Gasteiger partial charge on any atom is -0.291 e. The van der Waals surface area contributed by atoms with Gasteiger partial charge in [-0.2, -0.15) is 0 Å². The lowest BCUT2D eigenvalue weighted by atomic mass is 9.99. The summed E-state index contributed by atoms with van der Waals surface area (Å²) in [7, 11) is 0. The van der Waals surface area contributed by atoms with E-state index < -0.39 is 18.3 Å². The number of carbonyl (C=O) groups excluding carboxylic acids is 1. The van der Waals surface area contributed by atoms with E-state index in [2.05, 4.69) is 0 Å². The van der Waals surface area contributed by atoms with Gasteiger partial charge in [-0.3, -0.25) is 4.79 Å². The van der Waals surface area contributed by atoms with Crippen LogP contribution in [0.5, 0.6) is 0 Å². The molecule has 0 heterocycles. The van der Waals surface area contributed by atoms with Gasteiger partial charge in [-0.05, 0) is 23.6 Å². The summed E-state index contributed by atoms with van der Waals surface area (Å²) in [6.45, 7) is 2.70. The predicted molar refractivity (Wildman–Crippen MR) is 50.8 cm³/mol. The lowest BCUT2D eigenvalue weighted by Crippen LogP contribution is -2.05. The fourth-order valence-electron chi connectivity index (χ4n) is 1.19. The molecule has 1 rings (SSSR count). The zero-order valence-electron chi connectivity index (χ0n) is 8.18. The van der Waals surface area contributed by atoms with Crippen LogP contribution in [0.2, 0.25) is 0 Å². The molecule has 0 aliphatic carbocycles. The van der Waals surface area contributed by atoms with E-state index in [4.69, 9.17) is 0 Å². The Morgan fingerprint density at radius 3 is 2.57 bits per heavy atom. The molecule has 0 atom stereocenters. The Labute approximate surface area is 81.7 Å². The monoisotopic (exact) mass is 198 g/mol. The number of hydrogen-bond acceptors (Lipinski definition) is 1. The van der Waals surface area contributed by atoms with Crippen molar-refractivity contribution in [3.8, 4) is 0 Å². The number of halogens is 2. The summed E-state index contributed by atoms with van der Waals surface area (Å²) in [5.74, 6) is -1.26. The molecule has 0 radical (unpaired) electrons. The molecule has 0 N–H and O–H groups in total. The summed E-state index contributed by atoms with van der Waals surface area (Å²) in [5.41, 5.74) is 0.682. The second-order valence-corrected chi connectivity index (χ2v) is 3.45. The summed E-state index contributed by atoms with van der Waals surface area (Å²) in [6.07, 6.45) is 0. The number of rotatable bonds is 3. The van der Waals surface area contributed by atoms with Gasteiger partial charge in [0.1, 0.15) is 5.82 Å². The third kappa shape index (κ3) is 2.16. The van der Waals surface area contributed by atoms with Crippen LogP contribution in [0.3, 0.4) is 0 Å². The molecule has 0 unspecified atom stereocenters. The molecule has 0 fully saturated rings. The Balaban J connectivity index is 3.15. The Hall–Kier alpha value is -1.25. The first kappa shape index (κ1) is 10.8. The Morgan fingerprint density at radius 1 is 1.43 bits per heavy atom. The Morgan fingerprint density at radius 2 is 2.07 bits per heavy atom. The third-order valence-electron chi connectivity index (χ3n) is 2.08. The molecule has 3 heteroatoms. The van der Waals surface area contributed by atoms with Crippen LogP contribution in [-0.4, -0.2) is 12.5 Å². The van der Waals surface area contributed by atoms with E-state index in [-0.39, 0.29) is 11.5 Å². The lowest BCUT2D eigenvalue weighted by Gasteiger charge is -2.07. The molecule has 1 aromatic carbocycles. The molecule has 0 bridgehead atoms. The highest BCUT2D eigenvalue weighted by molar-refractivity contribution is 5.97. The van der Waals surface area contributed by atoms with Crippen LogP contribution in [0.25, 0.3) is 0 Å². The van der Waals surface area contributed by atoms with Crippen LogP contribution in [-0.2, 0) is 0 Å². The first-order valence-corrected chi connectivity index (χ1v) is 4.45. The second kappa shape index (κ2) is 4.31. The largest absolute Gasteiger partial charge is 0.291 e. The van der Waals surface area contributed by atoms with Gasteiger partial charge in [0.2, 0.25) is 0 Å². The summed E-state index contributed by atoms with van der Waals surface area (Å²) in [5, 5.41) is 0. The van der Waals surface area contributed by atoms with Crippen LogP contribution in [0, 0.1) is 5.82 Å². The molecule has 1 aromatic rings. The number of hydrogen-bond donors (Lipinski definition) is 0. The van der Waals surface area contributed by atoms with Crippen molar-refractivity contribution in [2.45, 2.75) is 19.8 Å². The molecular weight excluding hydrogens is 186 g/mol. The molecule has 0 amide bonds. The van der Waals surface area contributed by atoms with E-state index in [1.807, 2.05) is 13.8 Å². The highest BCUT2D eigenvalue weighted by atomic mass is 19.1. The van der Waals surface area contributed by atoms with E-state index >= 15 is 0 Å². The average molecular weight is 198 g/mol. The Bertz CT molecular complexity index is 345. The first-order chi connectivity index (χ1) is 6.56. The fraction of sp³-hybridized carbons (Fsp3) is 0.364. The van der Waals surface area contributed by atoms with Gasteiger partial charge in [-0.15, -0.1) is 0 Å². The Kier molecular flexibility index (Phi) is 3.33. The minimum absolute atomic E-state index is 0.154. The standard InChI is InChI=1S/C11H12F2O/c1-7(2)8-3-4-10(13)9(5-8)11(14)6-12/h3-5,7H,6H2,1-2H3. The van der Waals surface area contributed by atoms with E-state index in [0.717, 1.165) is 5.56 Å². The van der Waals surface area contributed by atoms with Gasteiger partial charge >= 0.3 is 0 Å². The van der Waals surface area contributed by atoms with Crippen molar-refractivity contribution in [2.75, 3.05) is 6.67 Å². The summed E-state index contributed by atoms with van der Waals surface area (Å²) in [4.78, 5) is 11.0. The molecule has 14 heavy (non-hydrogen) atoms. The smallest absolute Gasteiger partial charge is 0.196 e. The summed E-state index contributed by atoms with van der Waals surface area (Å²) >= 11 is 0. The molecule has 1 nitrogen and oxygen atoms in total. The van der Waals surface area contributed by atoms with Crippen molar-refractivity contribution in [1.29, 1.82) is 0 Å². The molecule has 76 valence electrons. The quantitative estimate of drug-likeness (QED) is 0.682. The SMILES string of the molecule is CC(C)c1ccc(F)c(C(=O)CF)c1. The number of ketones is 1. The van der Waals surface area contributed by atoms with Crippen LogP contribution in [0.15, 0.2) is 18.2 Å². The number of alkyl halides is 1. The molecule has 0 aromatic heterocycles. The van der Waals surface area contributed by atoms with Crippen LogP contribution in [0.1, 0.15) is 35.7 Å². The summed E-state index contributed by atoms with van der Waals surface area (Å²) < 4.78 is 25.2. The van der Waals surface area contributed by atoms with Gasteiger partial charge in [0.05, 0.1) is 5.56 Å². The van der Waals surface area contributed by atoms with Crippen molar-refractivity contribution in [2.24, 2.45) is 0 Å². The van der Waals surface area contributed by atoms with Gasteiger partial charge in [-0.1, -0.05) is 19.9 Å². The van der Waals surface area contributed by atoms with Crippen LogP contribution < -0.4 is 0 Å². The molecule has 0 saturated carbocycles. The summed E-state index contributed by atoms with van der Waals surface area (Å²) in [6, 6.07) is 4.23.